The average molecular weight is 438 g/mol. The van der Waals surface area contributed by atoms with Crippen LogP contribution in [0.3, 0.4) is 0 Å². The number of halogens is 1. The predicted octanol–water partition coefficient (Wildman–Crippen LogP) is 3.14. The molecule has 0 bridgehead atoms. The fraction of sp³-hybridized carbons (Fsp3) is 0.0952. The van der Waals surface area contributed by atoms with Gasteiger partial charge >= 0.3 is 5.69 Å². The molecule has 0 saturated carbocycles. The lowest BCUT2D eigenvalue weighted by Crippen LogP contribution is -2.28. The summed E-state index contributed by atoms with van der Waals surface area (Å²) in [4.78, 5) is 27.6. The van der Waals surface area contributed by atoms with Gasteiger partial charge in [-0.2, -0.15) is 5.26 Å². The van der Waals surface area contributed by atoms with Crippen molar-refractivity contribution in [1.29, 1.82) is 5.26 Å². The Hall–Kier alpha value is -4.72. The van der Waals surface area contributed by atoms with E-state index in [9.17, 15) is 39.9 Å². The molecule has 3 N–H and O–H groups in total. The van der Waals surface area contributed by atoms with Gasteiger partial charge in [-0.1, -0.05) is 0 Å². The number of nitro benzene ring substituents is 1. The second-order valence-electron chi connectivity index (χ2n) is 6.78. The summed E-state index contributed by atoms with van der Waals surface area (Å²) in [7, 11) is 1.28. The van der Waals surface area contributed by atoms with Gasteiger partial charge in [-0.05, 0) is 29.7 Å². The zero-order valence-corrected chi connectivity index (χ0v) is 16.5. The SMILES string of the molecule is CN(Cc1cc2ccncc2cc1F)C(=O)/C(C#N)=C(\O)c1cc(O)c(O)c([N+](=O)[O-])c1. The third kappa shape index (κ3) is 4.10. The molecule has 2 aromatic carbocycles. The Kier molecular flexibility index (Phi) is 5.88. The molecule has 32 heavy (non-hydrogen) atoms. The number of pyridine rings is 1. The summed E-state index contributed by atoms with van der Waals surface area (Å²) in [6.45, 7) is -0.248. The van der Waals surface area contributed by atoms with Crippen molar-refractivity contribution in [2.75, 3.05) is 7.05 Å². The first-order valence-corrected chi connectivity index (χ1v) is 8.95. The van der Waals surface area contributed by atoms with Gasteiger partial charge in [0.05, 0.1) is 4.92 Å². The first-order valence-electron chi connectivity index (χ1n) is 8.95. The number of aromatic nitrogens is 1. The third-order valence-electron chi connectivity index (χ3n) is 4.66. The van der Waals surface area contributed by atoms with E-state index in [0.717, 1.165) is 11.0 Å². The molecule has 0 aliphatic heterocycles. The van der Waals surface area contributed by atoms with E-state index in [-0.39, 0.29) is 12.1 Å². The van der Waals surface area contributed by atoms with Crippen LogP contribution in [-0.4, -0.2) is 43.1 Å². The number of carbonyl (C=O) groups excluding carboxylic acids is 1. The number of hydrogen-bond acceptors (Lipinski definition) is 8. The highest BCUT2D eigenvalue weighted by Crippen LogP contribution is 2.38. The number of aromatic hydroxyl groups is 2. The van der Waals surface area contributed by atoms with Crippen LogP contribution in [0, 0.1) is 27.3 Å². The zero-order chi connectivity index (χ0) is 23.6. The van der Waals surface area contributed by atoms with E-state index in [0.29, 0.717) is 16.8 Å². The van der Waals surface area contributed by atoms with Crippen LogP contribution in [0.15, 0.2) is 48.3 Å². The lowest BCUT2D eigenvalue weighted by atomic mass is 10.1. The number of phenolic OH excluding ortho intramolecular Hbond substituents is 2. The van der Waals surface area contributed by atoms with Gasteiger partial charge in [-0.15, -0.1) is 0 Å². The van der Waals surface area contributed by atoms with Gasteiger partial charge in [0.25, 0.3) is 5.91 Å². The van der Waals surface area contributed by atoms with Crippen molar-refractivity contribution in [2.45, 2.75) is 6.54 Å². The van der Waals surface area contributed by atoms with E-state index in [2.05, 4.69) is 4.98 Å². The smallest absolute Gasteiger partial charge is 0.315 e. The Balaban J connectivity index is 1.96. The highest BCUT2D eigenvalue weighted by atomic mass is 19.1. The Morgan fingerprint density at radius 3 is 2.66 bits per heavy atom. The quantitative estimate of drug-likeness (QED) is 0.137. The number of phenols is 2. The van der Waals surface area contributed by atoms with Crippen molar-refractivity contribution in [3.63, 3.8) is 0 Å². The molecule has 0 atom stereocenters. The van der Waals surface area contributed by atoms with Gasteiger partial charge in [-0.3, -0.25) is 19.9 Å². The highest BCUT2D eigenvalue weighted by molar-refractivity contribution is 6.03. The maximum absolute atomic E-state index is 14.4. The summed E-state index contributed by atoms with van der Waals surface area (Å²) in [5.74, 6) is -4.50. The summed E-state index contributed by atoms with van der Waals surface area (Å²) in [6.07, 6.45) is 3.01. The second kappa shape index (κ2) is 8.57. The van der Waals surface area contributed by atoms with Crippen molar-refractivity contribution >= 4 is 28.1 Å². The number of aliphatic hydroxyl groups is 1. The molecule has 1 amide bonds. The molecule has 0 unspecified atom stereocenters. The number of hydrogen-bond donors (Lipinski definition) is 3. The molecule has 162 valence electrons. The lowest BCUT2D eigenvalue weighted by molar-refractivity contribution is -0.386. The van der Waals surface area contributed by atoms with Crippen LogP contribution in [0.1, 0.15) is 11.1 Å². The van der Waals surface area contributed by atoms with Crippen LogP contribution in [-0.2, 0) is 11.3 Å². The van der Waals surface area contributed by atoms with E-state index < -0.39 is 50.7 Å². The normalized spacial score (nSPS) is 11.5. The summed E-state index contributed by atoms with van der Waals surface area (Å²) in [5.41, 5.74) is -2.02. The Bertz CT molecular complexity index is 1330. The number of aliphatic hydroxyl groups excluding tert-OH is 1. The molecular weight excluding hydrogens is 423 g/mol. The zero-order valence-electron chi connectivity index (χ0n) is 16.5. The van der Waals surface area contributed by atoms with Crippen LogP contribution >= 0.6 is 0 Å². The number of rotatable bonds is 5. The van der Waals surface area contributed by atoms with Crippen molar-refractivity contribution in [2.24, 2.45) is 0 Å². The number of fused-ring (bicyclic) bond motifs is 1. The number of likely N-dealkylation sites (N-methyl/N-ethyl adjacent to an activating group) is 1. The van der Waals surface area contributed by atoms with Crippen LogP contribution in [0.25, 0.3) is 16.5 Å². The van der Waals surface area contributed by atoms with E-state index in [1.165, 1.54) is 37.6 Å². The van der Waals surface area contributed by atoms with Gasteiger partial charge in [0, 0.05) is 48.6 Å². The molecule has 3 rings (SSSR count). The molecule has 0 saturated heterocycles. The number of nitro groups is 1. The molecule has 1 aromatic heterocycles. The average Bonchev–Trinajstić information content (AvgIpc) is 2.76. The standard InChI is InChI=1S/C21H15FN4O6/c1-25(10-14-4-11-2-3-24-9-13(11)5-16(14)22)21(30)15(8-23)19(28)12-6-17(26(31)32)20(29)18(27)7-12/h2-7,9,27-29H,10H2,1H3/b19-15-. The van der Waals surface area contributed by atoms with Gasteiger partial charge in [0.15, 0.2) is 11.3 Å². The fourth-order valence-corrected chi connectivity index (χ4v) is 3.02. The van der Waals surface area contributed by atoms with E-state index >= 15 is 0 Å². The maximum atomic E-state index is 14.4. The number of amides is 1. The summed E-state index contributed by atoms with van der Waals surface area (Å²) >= 11 is 0. The monoisotopic (exact) mass is 438 g/mol. The largest absolute Gasteiger partial charge is 0.506 e. The minimum atomic E-state index is -1.03. The minimum Gasteiger partial charge on any atom is -0.506 e. The van der Waals surface area contributed by atoms with Gasteiger partial charge in [0.1, 0.15) is 17.6 Å². The Labute approximate surface area is 179 Å². The topological polar surface area (TPSA) is 161 Å². The maximum Gasteiger partial charge on any atom is 0.315 e. The van der Waals surface area contributed by atoms with E-state index in [1.54, 1.807) is 6.07 Å². The number of carbonyl (C=O) groups is 1. The fourth-order valence-electron chi connectivity index (χ4n) is 3.02. The molecule has 0 fully saturated rings. The summed E-state index contributed by atoms with van der Waals surface area (Å²) in [6, 6.07) is 7.42. The number of nitriles is 1. The van der Waals surface area contributed by atoms with Crippen LogP contribution in [0.4, 0.5) is 10.1 Å². The molecule has 0 aliphatic rings. The molecular formula is C21H15FN4O6. The van der Waals surface area contributed by atoms with Gasteiger partial charge in [-0.25, -0.2) is 4.39 Å². The first kappa shape index (κ1) is 22.0. The minimum absolute atomic E-state index is 0.147. The number of nitrogens with zero attached hydrogens (tertiary/aromatic N) is 4. The van der Waals surface area contributed by atoms with Gasteiger partial charge < -0.3 is 20.2 Å². The number of benzene rings is 2. The van der Waals surface area contributed by atoms with Crippen molar-refractivity contribution in [3.8, 4) is 17.6 Å². The van der Waals surface area contributed by atoms with Crippen LogP contribution in [0.5, 0.6) is 11.5 Å². The molecule has 11 heteroatoms. The molecule has 1 heterocycles. The predicted molar refractivity (Wildman–Crippen MR) is 110 cm³/mol. The van der Waals surface area contributed by atoms with Crippen molar-refractivity contribution < 1.29 is 29.4 Å². The molecule has 0 spiro atoms. The van der Waals surface area contributed by atoms with E-state index in [4.69, 9.17) is 0 Å². The van der Waals surface area contributed by atoms with Gasteiger partial charge in [0.2, 0.25) is 5.75 Å². The summed E-state index contributed by atoms with van der Waals surface area (Å²) < 4.78 is 14.4. The molecule has 3 aromatic rings. The second-order valence-corrected chi connectivity index (χ2v) is 6.78. The molecule has 0 radical (unpaired) electrons. The van der Waals surface area contributed by atoms with Crippen LogP contribution < -0.4 is 0 Å². The third-order valence-corrected chi connectivity index (χ3v) is 4.66. The molecule has 0 aliphatic carbocycles. The van der Waals surface area contributed by atoms with E-state index in [1.807, 2.05) is 0 Å². The Morgan fingerprint density at radius 1 is 1.28 bits per heavy atom. The Morgan fingerprint density at radius 2 is 2.00 bits per heavy atom. The first-order chi connectivity index (χ1) is 15.1. The van der Waals surface area contributed by atoms with Crippen molar-refractivity contribution in [3.05, 3.63) is 75.4 Å². The lowest BCUT2D eigenvalue weighted by Gasteiger charge is -2.18. The molecule has 10 nitrogen and oxygen atoms in total. The van der Waals surface area contributed by atoms with Crippen LogP contribution in [0.2, 0.25) is 0 Å². The van der Waals surface area contributed by atoms with Crippen molar-refractivity contribution in [1.82, 2.24) is 9.88 Å². The highest BCUT2D eigenvalue weighted by Gasteiger charge is 2.25. The summed E-state index contributed by atoms with van der Waals surface area (Å²) in [5, 5.41) is 51.3.